The number of nitrogens with zero attached hydrogens (tertiary/aromatic N) is 2. The first-order valence-electron chi connectivity index (χ1n) is 11.8. The highest BCUT2D eigenvalue weighted by atomic mass is 35.5. The van der Waals surface area contributed by atoms with E-state index in [2.05, 4.69) is 10.5 Å². The largest absolute Gasteiger partial charge is 0.497 e. The van der Waals surface area contributed by atoms with E-state index >= 15 is 0 Å². The summed E-state index contributed by atoms with van der Waals surface area (Å²) < 4.78 is 47.9. The third-order valence-corrected chi connectivity index (χ3v) is 6.66. The molecule has 0 unspecified atom stereocenters. The number of carbonyl (C=O) groups is 1. The maximum Gasteiger partial charge on any atom is 0.260 e. The number of ether oxygens (including phenoxy) is 4. The lowest BCUT2D eigenvalue weighted by atomic mass is 10.2. The van der Waals surface area contributed by atoms with E-state index in [1.165, 1.54) is 32.6 Å². The van der Waals surface area contributed by atoms with Gasteiger partial charge >= 0.3 is 0 Å². The lowest BCUT2D eigenvalue weighted by molar-refractivity contribution is -0.119. The molecule has 3 aromatic rings. The maximum atomic E-state index is 12.6. The van der Waals surface area contributed by atoms with Crippen molar-refractivity contribution in [1.82, 2.24) is 5.43 Å². The summed E-state index contributed by atoms with van der Waals surface area (Å²) in [4.78, 5) is 12.6. The van der Waals surface area contributed by atoms with Crippen LogP contribution in [0.4, 0.5) is 5.69 Å². The summed E-state index contributed by atoms with van der Waals surface area (Å²) in [6.45, 7) is 2.06. The number of anilines is 1. The summed E-state index contributed by atoms with van der Waals surface area (Å²) in [6, 6.07) is 17.2. The van der Waals surface area contributed by atoms with Crippen molar-refractivity contribution in [3.63, 3.8) is 0 Å². The fraction of sp³-hybridized carbons (Fsp3) is 0.259. The van der Waals surface area contributed by atoms with Crippen molar-refractivity contribution in [3.05, 3.63) is 76.8 Å². The highest BCUT2D eigenvalue weighted by Crippen LogP contribution is 2.33. The standard InChI is InChI=1S/C27H30ClN3O7S/c1-5-37-26-14-19(9-12-24(26)38-18-20-7-6-8-21(28)13-20)16-29-30-27(32)17-31(39(4,33)34)23-11-10-22(35-2)15-25(23)36-3/h6-16H,5,17-18H2,1-4H3,(H,30,32)/b29-16-. The number of hydrazone groups is 1. The Labute approximate surface area is 233 Å². The second kappa shape index (κ2) is 13.7. The van der Waals surface area contributed by atoms with Gasteiger partial charge in [0.25, 0.3) is 5.91 Å². The maximum absolute atomic E-state index is 12.6. The highest BCUT2D eigenvalue weighted by Gasteiger charge is 2.24. The zero-order valence-electron chi connectivity index (χ0n) is 22.0. The average Bonchev–Trinajstić information content (AvgIpc) is 2.90. The fourth-order valence-electron chi connectivity index (χ4n) is 3.50. The van der Waals surface area contributed by atoms with Crippen molar-refractivity contribution in [2.75, 3.05) is 37.9 Å². The molecule has 3 aromatic carbocycles. The van der Waals surface area contributed by atoms with Crippen molar-refractivity contribution in [2.24, 2.45) is 5.10 Å². The van der Waals surface area contributed by atoms with Gasteiger partial charge in [0, 0.05) is 11.1 Å². The first-order valence-corrected chi connectivity index (χ1v) is 14.0. The quantitative estimate of drug-likeness (QED) is 0.239. The predicted molar refractivity (Wildman–Crippen MR) is 151 cm³/mol. The number of hydrogen-bond acceptors (Lipinski definition) is 8. The number of nitrogens with one attached hydrogen (secondary N) is 1. The minimum Gasteiger partial charge on any atom is -0.497 e. The van der Waals surface area contributed by atoms with E-state index < -0.39 is 22.5 Å². The molecule has 3 rings (SSSR count). The van der Waals surface area contributed by atoms with Crippen molar-refractivity contribution in [1.29, 1.82) is 0 Å². The van der Waals surface area contributed by atoms with Crippen LogP contribution in [0.25, 0.3) is 0 Å². The first kappa shape index (κ1) is 29.6. The molecule has 0 fully saturated rings. The second-order valence-electron chi connectivity index (χ2n) is 8.16. The highest BCUT2D eigenvalue weighted by molar-refractivity contribution is 7.92. The number of methoxy groups -OCH3 is 2. The number of carbonyl (C=O) groups excluding carboxylic acids is 1. The topological polar surface area (TPSA) is 116 Å². The molecule has 0 saturated carbocycles. The number of amides is 1. The normalized spacial score (nSPS) is 11.2. The zero-order chi connectivity index (χ0) is 28.4. The van der Waals surface area contributed by atoms with Crippen molar-refractivity contribution >= 4 is 39.4 Å². The minimum atomic E-state index is -3.83. The molecular formula is C27H30ClN3O7S. The lowest BCUT2D eigenvalue weighted by Crippen LogP contribution is -2.39. The van der Waals surface area contributed by atoms with Gasteiger partial charge < -0.3 is 18.9 Å². The Balaban J connectivity index is 1.69. The van der Waals surface area contributed by atoms with E-state index in [1.54, 1.807) is 30.3 Å². The SMILES string of the molecule is CCOc1cc(/C=N\NC(=O)CN(c2ccc(OC)cc2OC)S(C)(=O)=O)ccc1OCc1cccc(Cl)c1. The van der Waals surface area contributed by atoms with Gasteiger partial charge in [-0.15, -0.1) is 0 Å². The van der Waals surface area contributed by atoms with Gasteiger partial charge in [0.05, 0.1) is 39.0 Å². The van der Waals surface area contributed by atoms with Gasteiger partial charge in [0.2, 0.25) is 10.0 Å². The molecule has 39 heavy (non-hydrogen) atoms. The summed E-state index contributed by atoms with van der Waals surface area (Å²) in [7, 11) is -0.950. The molecule has 0 spiro atoms. The molecule has 0 heterocycles. The van der Waals surface area contributed by atoms with Gasteiger partial charge in [-0.3, -0.25) is 9.10 Å². The van der Waals surface area contributed by atoms with Crippen LogP contribution < -0.4 is 28.7 Å². The molecule has 208 valence electrons. The zero-order valence-corrected chi connectivity index (χ0v) is 23.6. The third-order valence-electron chi connectivity index (χ3n) is 5.30. The van der Waals surface area contributed by atoms with Gasteiger partial charge in [-0.1, -0.05) is 23.7 Å². The van der Waals surface area contributed by atoms with E-state index in [1.807, 2.05) is 25.1 Å². The average molecular weight is 576 g/mol. The monoisotopic (exact) mass is 575 g/mol. The molecule has 0 aliphatic rings. The van der Waals surface area contributed by atoms with Crippen LogP contribution in [0.15, 0.2) is 65.8 Å². The molecule has 0 aromatic heterocycles. The molecule has 0 saturated heterocycles. The summed E-state index contributed by atoms with van der Waals surface area (Å²) in [5.74, 6) is 1.10. The van der Waals surface area contributed by atoms with E-state index in [9.17, 15) is 13.2 Å². The van der Waals surface area contributed by atoms with Crippen molar-refractivity contribution in [2.45, 2.75) is 13.5 Å². The van der Waals surface area contributed by atoms with Crippen LogP contribution in [0.5, 0.6) is 23.0 Å². The number of hydrogen-bond donors (Lipinski definition) is 1. The van der Waals surface area contributed by atoms with Gasteiger partial charge in [0.1, 0.15) is 24.7 Å². The third kappa shape index (κ3) is 8.52. The Morgan fingerprint density at radius 3 is 2.46 bits per heavy atom. The fourth-order valence-corrected chi connectivity index (χ4v) is 4.57. The second-order valence-corrected chi connectivity index (χ2v) is 10.5. The summed E-state index contributed by atoms with van der Waals surface area (Å²) in [5, 5.41) is 4.59. The Bertz CT molecular complexity index is 1430. The molecule has 1 N–H and O–H groups in total. The number of benzene rings is 3. The first-order chi connectivity index (χ1) is 18.6. The molecule has 10 nitrogen and oxygen atoms in total. The van der Waals surface area contributed by atoms with Crippen LogP contribution in [0.2, 0.25) is 5.02 Å². The molecule has 0 aliphatic carbocycles. The molecule has 12 heteroatoms. The van der Waals surface area contributed by atoms with Crippen LogP contribution in [-0.4, -0.2) is 54.2 Å². The lowest BCUT2D eigenvalue weighted by Gasteiger charge is -2.23. The van der Waals surface area contributed by atoms with Crippen molar-refractivity contribution < 1.29 is 32.2 Å². The molecule has 0 atom stereocenters. The Morgan fingerprint density at radius 1 is 1.00 bits per heavy atom. The van der Waals surface area contributed by atoms with Gasteiger partial charge in [0.15, 0.2) is 11.5 Å². The molecule has 0 bridgehead atoms. The van der Waals surface area contributed by atoms with Crippen LogP contribution in [-0.2, 0) is 21.4 Å². The summed E-state index contributed by atoms with van der Waals surface area (Å²) >= 11 is 6.04. The molecule has 1 amide bonds. The van der Waals surface area contributed by atoms with E-state index in [0.717, 1.165) is 16.1 Å². The van der Waals surface area contributed by atoms with E-state index in [-0.39, 0.29) is 11.4 Å². The van der Waals surface area contributed by atoms with E-state index in [0.29, 0.717) is 41.0 Å². The minimum absolute atomic E-state index is 0.189. The summed E-state index contributed by atoms with van der Waals surface area (Å²) in [5.41, 5.74) is 4.09. The molecule has 0 radical (unpaired) electrons. The number of sulfonamides is 1. The predicted octanol–water partition coefficient (Wildman–Crippen LogP) is 4.25. The van der Waals surface area contributed by atoms with Gasteiger partial charge in [-0.25, -0.2) is 13.8 Å². The molecule has 0 aliphatic heterocycles. The van der Waals surface area contributed by atoms with Crippen LogP contribution in [0.1, 0.15) is 18.1 Å². The molecular weight excluding hydrogens is 546 g/mol. The Hall–Kier alpha value is -3.96. The number of rotatable bonds is 13. The van der Waals surface area contributed by atoms with Gasteiger partial charge in [-0.05, 0) is 60.5 Å². The Kier molecular flexibility index (Phi) is 10.4. The van der Waals surface area contributed by atoms with Crippen molar-refractivity contribution in [3.8, 4) is 23.0 Å². The van der Waals surface area contributed by atoms with Crippen LogP contribution >= 0.6 is 11.6 Å². The summed E-state index contributed by atoms with van der Waals surface area (Å²) in [6.07, 6.45) is 2.42. The Morgan fingerprint density at radius 2 is 1.79 bits per heavy atom. The van der Waals surface area contributed by atoms with Gasteiger partial charge in [-0.2, -0.15) is 5.10 Å². The smallest absolute Gasteiger partial charge is 0.260 e. The van der Waals surface area contributed by atoms with Crippen LogP contribution in [0, 0.1) is 0 Å². The number of halogens is 1. The van der Waals surface area contributed by atoms with Crippen LogP contribution in [0.3, 0.4) is 0 Å². The van der Waals surface area contributed by atoms with E-state index in [4.69, 9.17) is 30.5 Å².